The highest BCUT2D eigenvalue weighted by atomic mass is 19.1. The van der Waals surface area contributed by atoms with Gasteiger partial charge in [-0.3, -0.25) is 0 Å². The van der Waals surface area contributed by atoms with Crippen LogP contribution in [0.1, 0.15) is 11.1 Å². The molecule has 0 aromatic heterocycles. The molecule has 0 fully saturated rings. The Kier molecular flexibility index (Phi) is 4.39. The number of hydrogen-bond donors (Lipinski definition) is 0. The van der Waals surface area contributed by atoms with Crippen molar-refractivity contribution in [3.8, 4) is 11.5 Å². The van der Waals surface area contributed by atoms with E-state index in [-0.39, 0.29) is 5.82 Å². The largest absolute Gasteiger partial charge is 0.493 e. The lowest BCUT2D eigenvalue weighted by atomic mass is 10.0. The van der Waals surface area contributed by atoms with E-state index < -0.39 is 0 Å². The van der Waals surface area contributed by atoms with Gasteiger partial charge in [-0.2, -0.15) is 0 Å². The Balaban J connectivity index is 2.13. The summed E-state index contributed by atoms with van der Waals surface area (Å²) in [6.45, 7) is 0. The van der Waals surface area contributed by atoms with Crippen LogP contribution in [-0.4, -0.2) is 14.2 Å². The normalized spacial score (nSPS) is 10.3. The Morgan fingerprint density at radius 1 is 1.00 bits per heavy atom. The summed E-state index contributed by atoms with van der Waals surface area (Å²) in [6.07, 6.45) is 2.75. The maximum absolute atomic E-state index is 12.8. The molecule has 0 heterocycles. The first kappa shape index (κ1) is 13.4. The summed E-state index contributed by atoms with van der Waals surface area (Å²) in [7, 11) is 3.23. The molecule has 0 atom stereocenters. The molecular formula is C16H16FO2. The SMILES string of the molecule is COc1cccc([CH]Cc2ccc(F)cc2)c1OC. The number of halogens is 1. The molecule has 0 aliphatic heterocycles. The maximum atomic E-state index is 12.8. The minimum Gasteiger partial charge on any atom is -0.493 e. The van der Waals surface area contributed by atoms with Gasteiger partial charge in [0.15, 0.2) is 11.5 Å². The molecule has 2 nitrogen and oxygen atoms in total. The molecule has 2 aromatic carbocycles. The lowest BCUT2D eigenvalue weighted by Gasteiger charge is -2.12. The van der Waals surface area contributed by atoms with Gasteiger partial charge in [-0.1, -0.05) is 24.3 Å². The van der Waals surface area contributed by atoms with E-state index in [1.165, 1.54) is 12.1 Å². The summed E-state index contributed by atoms with van der Waals surface area (Å²) >= 11 is 0. The molecule has 3 heteroatoms. The number of ether oxygens (including phenoxy) is 2. The van der Waals surface area contributed by atoms with Crippen molar-refractivity contribution in [3.63, 3.8) is 0 Å². The fraction of sp³-hybridized carbons (Fsp3) is 0.188. The number of methoxy groups -OCH3 is 2. The van der Waals surface area contributed by atoms with Crippen molar-refractivity contribution in [2.24, 2.45) is 0 Å². The van der Waals surface area contributed by atoms with Gasteiger partial charge >= 0.3 is 0 Å². The van der Waals surface area contributed by atoms with Gasteiger partial charge < -0.3 is 9.47 Å². The highest BCUT2D eigenvalue weighted by Gasteiger charge is 2.09. The molecule has 0 saturated heterocycles. The maximum Gasteiger partial charge on any atom is 0.164 e. The van der Waals surface area contributed by atoms with Gasteiger partial charge in [0, 0.05) is 5.56 Å². The van der Waals surface area contributed by atoms with E-state index in [2.05, 4.69) is 0 Å². The molecule has 0 spiro atoms. The molecule has 0 aliphatic carbocycles. The van der Waals surface area contributed by atoms with Crippen LogP contribution < -0.4 is 9.47 Å². The Labute approximate surface area is 112 Å². The fourth-order valence-electron chi connectivity index (χ4n) is 1.92. The number of para-hydroxylation sites is 1. The third-order valence-electron chi connectivity index (χ3n) is 2.90. The quantitative estimate of drug-likeness (QED) is 0.816. The van der Waals surface area contributed by atoms with Crippen molar-refractivity contribution in [3.05, 3.63) is 65.8 Å². The molecular weight excluding hydrogens is 243 g/mol. The molecule has 0 amide bonds. The van der Waals surface area contributed by atoms with E-state index in [0.29, 0.717) is 17.9 Å². The third kappa shape index (κ3) is 3.25. The Morgan fingerprint density at radius 3 is 2.37 bits per heavy atom. The average Bonchev–Trinajstić information content (AvgIpc) is 2.46. The zero-order chi connectivity index (χ0) is 13.7. The van der Waals surface area contributed by atoms with Gasteiger partial charge in [-0.05, 0) is 36.6 Å². The van der Waals surface area contributed by atoms with Crippen molar-refractivity contribution in [1.29, 1.82) is 0 Å². The van der Waals surface area contributed by atoms with Crippen LogP contribution >= 0.6 is 0 Å². The second-order valence-corrected chi connectivity index (χ2v) is 4.12. The van der Waals surface area contributed by atoms with Crippen LogP contribution in [0.15, 0.2) is 42.5 Å². The lowest BCUT2D eigenvalue weighted by Crippen LogP contribution is -1.96. The monoisotopic (exact) mass is 259 g/mol. The van der Waals surface area contributed by atoms with Crippen LogP contribution in [0.5, 0.6) is 11.5 Å². The first-order chi connectivity index (χ1) is 9.24. The molecule has 19 heavy (non-hydrogen) atoms. The molecule has 0 N–H and O–H groups in total. The predicted octanol–water partition coefficient (Wildman–Crippen LogP) is 3.64. The Morgan fingerprint density at radius 2 is 1.74 bits per heavy atom. The van der Waals surface area contributed by atoms with Crippen molar-refractivity contribution in [2.45, 2.75) is 6.42 Å². The van der Waals surface area contributed by atoms with Gasteiger partial charge in [0.25, 0.3) is 0 Å². The van der Waals surface area contributed by atoms with E-state index in [1.54, 1.807) is 26.4 Å². The highest BCUT2D eigenvalue weighted by molar-refractivity contribution is 5.50. The molecule has 0 unspecified atom stereocenters. The molecule has 1 radical (unpaired) electrons. The van der Waals surface area contributed by atoms with Crippen molar-refractivity contribution >= 4 is 0 Å². The molecule has 0 saturated carbocycles. The van der Waals surface area contributed by atoms with E-state index in [4.69, 9.17) is 9.47 Å². The van der Waals surface area contributed by atoms with E-state index in [9.17, 15) is 4.39 Å². The summed E-state index contributed by atoms with van der Waals surface area (Å²) in [4.78, 5) is 0. The van der Waals surface area contributed by atoms with Gasteiger partial charge in [-0.25, -0.2) is 4.39 Å². The van der Waals surface area contributed by atoms with E-state index in [1.807, 2.05) is 24.6 Å². The number of rotatable bonds is 5. The highest BCUT2D eigenvalue weighted by Crippen LogP contribution is 2.32. The van der Waals surface area contributed by atoms with Gasteiger partial charge in [-0.15, -0.1) is 0 Å². The minimum atomic E-state index is -0.220. The van der Waals surface area contributed by atoms with Crippen LogP contribution in [0.2, 0.25) is 0 Å². The fourth-order valence-corrected chi connectivity index (χ4v) is 1.92. The topological polar surface area (TPSA) is 18.5 Å². The second-order valence-electron chi connectivity index (χ2n) is 4.12. The Bertz CT molecular complexity index is 535. The van der Waals surface area contributed by atoms with E-state index >= 15 is 0 Å². The minimum absolute atomic E-state index is 0.220. The first-order valence-electron chi connectivity index (χ1n) is 6.03. The Hall–Kier alpha value is -2.03. The summed E-state index contributed by atoms with van der Waals surface area (Å²) in [6, 6.07) is 12.2. The molecule has 0 aliphatic rings. The van der Waals surface area contributed by atoms with Crippen LogP contribution in [-0.2, 0) is 6.42 Å². The molecule has 99 valence electrons. The second kappa shape index (κ2) is 6.23. The smallest absolute Gasteiger partial charge is 0.164 e. The average molecular weight is 259 g/mol. The van der Waals surface area contributed by atoms with Crippen molar-refractivity contribution < 1.29 is 13.9 Å². The molecule has 0 bridgehead atoms. The zero-order valence-electron chi connectivity index (χ0n) is 11.0. The lowest BCUT2D eigenvalue weighted by molar-refractivity contribution is 0.353. The number of hydrogen-bond acceptors (Lipinski definition) is 2. The van der Waals surface area contributed by atoms with Crippen molar-refractivity contribution in [1.82, 2.24) is 0 Å². The van der Waals surface area contributed by atoms with E-state index in [0.717, 1.165) is 11.1 Å². The zero-order valence-corrected chi connectivity index (χ0v) is 11.0. The predicted molar refractivity (Wildman–Crippen MR) is 73.1 cm³/mol. The van der Waals surface area contributed by atoms with Crippen LogP contribution in [0.4, 0.5) is 4.39 Å². The van der Waals surface area contributed by atoms with Gasteiger partial charge in [0.1, 0.15) is 5.82 Å². The van der Waals surface area contributed by atoms with Gasteiger partial charge in [0.05, 0.1) is 14.2 Å². The number of benzene rings is 2. The standard InChI is InChI=1S/C16H16FO2/c1-18-15-5-3-4-13(16(15)19-2)9-6-12-7-10-14(17)11-8-12/h3-5,7-11H,6H2,1-2H3. The van der Waals surface area contributed by atoms with Crippen LogP contribution in [0, 0.1) is 12.2 Å². The molecule has 2 aromatic rings. The summed E-state index contributed by atoms with van der Waals surface area (Å²) < 4.78 is 23.4. The first-order valence-corrected chi connectivity index (χ1v) is 6.03. The van der Waals surface area contributed by atoms with Crippen molar-refractivity contribution in [2.75, 3.05) is 14.2 Å². The summed E-state index contributed by atoms with van der Waals surface area (Å²) in [5.41, 5.74) is 2.01. The van der Waals surface area contributed by atoms with Gasteiger partial charge in [0.2, 0.25) is 0 Å². The van der Waals surface area contributed by atoms with Crippen LogP contribution in [0.25, 0.3) is 0 Å². The summed E-state index contributed by atoms with van der Waals surface area (Å²) in [5.74, 6) is 1.20. The summed E-state index contributed by atoms with van der Waals surface area (Å²) in [5, 5.41) is 0. The van der Waals surface area contributed by atoms with Crippen LogP contribution in [0.3, 0.4) is 0 Å². The third-order valence-corrected chi connectivity index (χ3v) is 2.90. The molecule has 2 rings (SSSR count).